The molecule has 0 spiro atoms. The van der Waals surface area contributed by atoms with Crippen LogP contribution in [0.25, 0.3) is 0 Å². The number of carbonyl (C=O) groups excluding carboxylic acids is 2. The van der Waals surface area contributed by atoms with Gasteiger partial charge in [0, 0.05) is 28.9 Å². The summed E-state index contributed by atoms with van der Waals surface area (Å²) >= 11 is 0. The maximum atomic E-state index is 13.1. The number of nitrogens with one attached hydrogen (secondary N) is 1. The zero-order valence-corrected chi connectivity index (χ0v) is 20.4. The van der Waals surface area contributed by atoms with E-state index in [4.69, 9.17) is 14.2 Å². The molecule has 7 nitrogen and oxygen atoms in total. The fraction of sp³-hybridized carbons (Fsp3) is 0.462. The molecule has 3 rings (SSSR count). The van der Waals surface area contributed by atoms with Crippen molar-refractivity contribution in [2.45, 2.75) is 48.0 Å². The smallest absolute Gasteiger partial charge is 0.255 e. The maximum absolute atomic E-state index is 13.1. The zero-order valence-electron chi connectivity index (χ0n) is 20.4. The highest BCUT2D eigenvalue weighted by Crippen LogP contribution is 2.39. The molecule has 2 amide bonds. The monoisotopic (exact) mass is 454 g/mol. The normalized spacial score (nSPS) is 12.8. The second-order valence-electron chi connectivity index (χ2n) is 8.86. The molecule has 2 aromatic rings. The average Bonchev–Trinajstić information content (AvgIpc) is 3.17. The van der Waals surface area contributed by atoms with Crippen LogP contribution in [0.5, 0.6) is 17.2 Å². The highest BCUT2D eigenvalue weighted by atomic mass is 16.5. The zero-order chi connectivity index (χ0) is 24.2. The minimum absolute atomic E-state index is 0.0966. The van der Waals surface area contributed by atoms with E-state index in [1.807, 2.05) is 64.6 Å². The number of hydrogen-bond donors (Lipinski definition) is 1. The molecular formula is C26H34N2O5. The van der Waals surface area contributed by atoms with Gasteiger partial charge >= 0.3 is 0 Å². The molecule has 1 aliphatic rings. The summed E-state index contributed by atoms with van der Waals surface area (Å²) in [7, 11) is 0. The lowest BCUT2D eigenvalue weighted by Gasteiger charge is -2.26. The molecule has 1 aliphatic heterocycles. The summed E-state index contributed by atoms with van der Waals surface area (Å²) in [5.41, 5.74) is 2.59. The van der Waals surface area contributed by atoms with E-state index in [2.05, 4.69) is 5.32 Å². The lowest BCUT2D eigenvalue weighted by Crippen LogP contribution is -2.38. The Morgan fingerprint density at radius 3 is 2.09 bits per heavy atom. The van der Waals surface area contributed by atoms with Crippen LogP contribution in [0.2, 0.25) is 0 Å². The minimum Gasteiger partial charge on any atom is -0.490 e. The Balaban J connectivity index is 1.85. The first-order chi connectivity index (χ1) is 15.7. The molecule has 0 atom stereocenters. The van der Waals surface area contributed by atoms with E-state index in [1.54, 1.807) is 12.1 Å². The number of benzene rings is 2. The Kier molecular flexibility index (Phi) is 7.51. The molecule has 1 N–H and O–H groups in total. The Morgan fingerprint density at radius 2 is 1.55 bits per heavy atom. The van der Waals surface area contributed by atoms with Crippen LogP contribution in [0.1, 0.15) is 57.5 Å². The predicted molar refractivity (Wildman–Crippen MR) is 130 cm³/mol. The number of fused-ring (bicyclic) bond motifs is 1. The number of amides is 2. The van der Waals surface area contributed by atoms with Crippen molar-refractivity contribution in [3.05, 3.63) is 41.5 Å². The fourth-order valence-corrected chi connectivity index (χ4v) is 3.82. The van der Waals surface area contributed by atoms with Crippen molar-refractivity contribution in [3.8, 4) is 17.2 Å². The average molecular weight is 455 g/mol. The largest absolute Gasteiger partial charge is 0.490 e. The quantitative estimate of drug-likeness (QED) is 0.603. The van der Waals surface area contributed by atoms with Gasteiger partial charge in [0.25, 0.3) is 5.91 Å². The van der Waals surface area contributed by atoms with Crippen LogP contribution in [0.4, 0.5) is 11.4 Å². The summed E-state index contributed by atoms with van der Waals surface area (Å²) in [5.74, 6) is 1.26. The van der Waals surface area contributed by atoms with E-state index < -0.39 is 5.41 Å². The van der Waals surface area contributed by atoms with Crippen molar-refractivity contribution < 1.29 is 23.8 Å². The van der Waals surface area contributed by atoms with E-state index in [0.717, 1.165) is 17.7 Å². The summed E-state index contributed by atoms with van der Waals surface area (Å²) in [6, 6.07) is 9.00. The molecule has 0 fully saturated rings. The second kappa shape index (κ2) is 10.1. The Morgan fingerprint density at radius 1 is 0.939 bits per heavy atom. The predicted octanol–water partition coefficient (Wildman–Crippen LogP) is 5.07. The summed E-state index contributed by atoms with van der Waals surface area (Å²) in [5, 5.41) is 2.96. The second-order valence-corrected chi connectivity index (χ2v) is 8.86. The molecule has 0 saturated carbocycles. The Labute approximate surface area is 196 Å². The van der Waals surface area contributed by atoms with Gasteiger partial charge < -0.3 is 24.4 Å². The minimum atomic E-state index is -0.446. The van der Waals surface area contributed by atoms with Crippen LogP contribution in [-0.2, 0) is 11.2 Å². The SMILES string of the molecule is CCOc1cc(C(=O)Nc2ccc3c(c2)CCN3C(=O)C(C)(C)C)cc(OCC)c1OCC. The van der Waals surface area contributed by atoms with Gasteiger partial charge in [0.2, 0.25) is 11.7 Å². The van der Waals surface area contributed by atoms with Crippen LogP contribution in [0.15, 0.2) is 30.3 Å². The molecule has 7 heteroatoms. The van der Waals surface area contributed by atoms with E-state index in [-0.39, 0.29) is 11.8 Å². The van der Waals surface area contributed by atoms with Gasteiger partial charge in [-0.3, -0.25) is 9.59 Å². The van der Waals surface area contributed by atoms with Crippen molar-refractivity contribution in [2.75, 3.05) is 36.6 Å². The third-order valence-electron chi connectivity index (χ3n) is 5.29. The van der Waals surface area contributed by atoms with Gasteiger partial charge in [-0.05, 0) is 63.1 Å². The number of anilines is 2. The molecule has 0 bridgehead atoms. The van der Waals surface area contributed by atoms with E-state index in [9.17, 15) is 9.59 Å². The van der Waals surface area contributed by atoms with Crippen LogP contribution >= 0.6 is 0 Å². The molecule has 33 heavy (non-hydrogen) atoms. The molecule has 0 aromatic heterocycles. The maximum Gasteiger partial charge on any atom is 0.255 e. The summed E-state index contributed by atoms with van der Waals surface area (Å²) in [6.07, 6.45) is 0.757. The first kappa shape index (κ1) is 24.4. The number of nitrogens with zero attached hydrogens (tertiary/aromatic N) is 1. The standard InChI is InChI=1S/C26H34N2O5/c1-7-31-21-15-18(16-22(32-8-2)23(21)33-9-3)24(29)27-19-10-11-20-17(14-19)12-13-28(20)25(30)26(4,5)6/h10-11,14-16H,7-9,12-13H2,1-6H3,(H,27,29). The van der Waals surface area contributed by atoms with Gasteiger partial charge in [-0.25, -0.2) is 0 Å². The molecule has 0 radical (unpaired) electrons. The summed E-state index contributed by atoms with van der Waals surface area (Å²) in [6.45, 7) is 13.4. The van der Waals surface area contributed by atoms with Gasteiger partial charge in [0.15, 0.2) is 11.5 Å². The van der Waals surface area contributed by atoms with Crippen LogP contribution in [0, 0.1) is 5.41 Å². The first-order valence-corrected chi connectivity index (χ1v) is 11.5. The van der Waals surface area contributed by atoms with E-state index >= 15 is 0 Å². The Bertz CT molecular complexity index is 999. The fourth-order valence-electron chi connectivity index (χ4n) is 3.82. The van der Waals surface area contributed by atoms with Crippen molar-refractivity contribution in [3.63, 3.8) is 0 Å². The highest BCUT2D eigenvalue weighted by Gasteiger charge is 2.32. The number of hydrogen-bond acceptors (Lipinski definition) is 5. The van der Waals surface area contributed by atoms with Crippen LogP contribution < -0.4 is 24.4 Å². The van der Waals surface area contributed by atoms with Gasteiger partial charge in [0.05, 0.1) is 19.8 Å². The molecule has 178 valence electrons. The Hall–Kier alpha value is -3.22. The van der Waals surface area contributed by atoms with Crippen molar-refractivity contribution in [2.24, 2.45) is 5.41 Å². The molecule has 1 heterocycles. The highest BCUT2D eigenvalue weighted by molar-refractivity contribution is 6.05. The van der Waals surface area contributed by atoms with Crippen LogP contribution in [-0.4, -0.2) is 38.2 Å². The van der Waals surface area contributed by atoms with E-state index in [0.29, 0.717) is 54.9 Å². The molecule has 0 unspecified atom stereocenters. The van der Waals surface area contributed by atoms with Gasteiger partial charge in [0.1, 0.15) is 0 Å². The molecular weight excluding hydrogens is 420 g/mol. The third kappa shape index (κ3) is 5.41. The number of ether oxygens (including phenoxy) is 3. The topological polar surface area (TPSA) is 77.1 Å². The van der Waals surface area contributed by atoms with Gasteiger partial charge in [-0.1, -0.05) is 20.8 Å². The van der Waals surface area contributed by atoms with Crippen molar-refractivity contribution >= 4 is 23.2 Å². The number of carbonyl (C=O) groups is 2. The number of rotatable bonds is 8. The van der Waals surface area contributed by atoms with E-state index in [1.165, 1.54) is 0 Å². The molecule has 0 aliphatic carbocycles. The summed E-state index contributed by atoms with van der Waals surface area (Å²) < 4.78 is 17.2. The lowest BCUT2D eigenvalue weighted by atomic mass is 9.94. The summed E-state index contributed by atoms with van der Waals surface area (Å²) in [4.78, 5) is 27.6. The first-order valence-electron chi connectivity index (χ1n) is 11.5. The van der Waals surface area contributed by atoms with Crippen LogP contribution in [0.3, 0.4) is 0 Å². The van der Waals surface area contributed by atoms with Crippen molar-refractivity contribution in [1.29, 1.82) is 0 Å². The van der Waals surface area contributed by atoms with Gasteiger partial charge in [-0.15, -0.1) is 0 Å². The van der Waals surface area contributed by atoms with Crippen molar-refractivity contribution in [1.82, 2.24) is 0 Å². The van der Waals surface area contributed by atoms with Gasteiger partial charge in [-0.2, -0.15) is 0 Å². The molecule has 2 aromatic carbocycles. The lowest BCUT2D eigenvalue weighted by molar-refractivity contribution is -0.125. The molecule has 0 saturated heterocycles. The third-order valence-corrected chi connectivity index (χ3v) is 5.29.